The van der Waals surface area contributed by atoms with Gasteiger partial charge in [0.05, 0.1) is 19.2 Å². The van der Waals surface area contributed by atoms with Crippen molar-refractivity contribution in [3.63, 3.8) is 0 Å². The van der Waals surface area contributed by atoms with Crippen LogP contribution in [0.3, 0.4) is 0 Å². The van der Waals surface area contributed by atoms with Crippen molar-refractivity contribution in [2.75, 3.05) is 24.9 Å². The quantitative estimate of drug-likeness (QED) is 0.613. The zero-order valence-corrected chi connectivity index (χ0v) is 15.8. The van der Waals surface area contributed by atoms with Crippen LogP contribution < -0.4 is 20.1 Å². The molecule has 27 heavy (non-hydrogen) atoms. The third-order valence-corrected chi connectivity index (χ3v) is 3.98. The van der Waals surface area contributed by atoms with Crippen molar-refractivity contribution in [3.8, 4) is 11.5 Å². The lowest BCUT2D eigenvalue weighted by Gasteiger charge is -2.12. The van der Waals surface area contributed by atoms with Gasteiger partial charge >= 0.3 is 0 Å². The molecule has 0 aliphatic rings. The second-order valence-corrected chi connectivity index (χ2v) is 6.04. The number of ether oxygens (including phenoxy) is 2. The van der Waals surface area contributed by atoms with Crippen molar-refractivity contribution in [1.82, 2.24) is 9.97 Å². The molecule has 0 saturated carbocycles. The zero-order valence-electron chi connectivity index (χ0n) is 15.0. The summed E-state index contributed by atoms with van der Waals surface area (Å²) in [6.45, 7) is 1.78. The van der Waals surface area contributed by atoms with Crippen molar-refractivity contribution < 1.29 is 13.9 Å². The average molecular weight is 389 g/mol. The molecule has 0 bridgehead atoms. The normalized spacial score (nSPS) is 10.4. The molecule has 0 aliphatic heterocycles. The summed E-state index contributed by atoms with van der Waals surface area (Å²) in [5.41, 5.74) is 1.40. The molecule has 140 valence electrons. The van der Waals surface area contributed by atoms with Crippen LogP contribution in [0.25, 0.3) is 0 Å². The van der Waals surface area contributed by atoms with Gasteiger partial charge in [-0.15, -0.1) is 0 Å². The smallest absolute Gasteiger partial charge is 0.162 e. The summed E-state index contributed by atoms with van der Waals surface area (Å²) in [7, 11) is 3.16. The van der Waals surface area contributed by atoms with Crippen molar-refractivity contribution in [2.24, 2.45) is 0 Å². The molecule has 3 rings (SSSR count). The maximum absolute atomic E-state index is 13.3. The van der Waals surface area contributed by atoms with E-state index in [4.69, 9.17) is 21.1 Å². The summed E-state index contributed by atoms with van der Waals surface area (Å²) in [5, 5.41) is 6.33. The van der Waals surface area contributed by atoms with E-state index in [2.05, 4.69) is 20.6 Å². The standard InChI is InChI=1S/C19H18ClFN4O2/c1-11-22-18(24-12-4-6-15(21)14(20)8-12)10-19(23-11)25-13-5-7-16(26-2)17(9-13)27-3/h4-10H,1-3H3,(H2,22,23,24,25). The molecule has 8 heteroatoms. The molecule has 0 atom stereocenters. The Morgan fingerprint density at radius 1 is 0.852 bits per heavy atom. The SMILES string of the molecule is COc1ccc(Nc2cc(Nc3ccc(F)c(Cl)c3)nc(C)n2)cc1OC. The minimum absolute atomic E-state index is 0.0365. The Morgan fingerprint density at radius 3 is 2.04 bits per heavy atom. The number of nitrogens with zero attached hydrogens (tertiary/aromatic N) is 2. The minimum Gasteiger partial charge on any atom is -0.493 e. The zero-order chi connectivity index (χ0) is 19.4. The minimum atomic E-state index is -0.475. The van der Waals surface area contributed by atoms with Gasteiger partial charge < -0.3 is 20.1 Å². The van der Waals surface area contributed by atoms with Gasteiger partial charge in [-0.3, -0.25) is 0 Å². The second-order valence-electron chi connectivity index (χ2n) is 5.63. The third-order valence-electron chi connectivity index (χ3n) is 3.69. The molecule has 1 heterocycles. The van der Waals surface area contributed by atoms with Crippen molar-refractivity contribution >= 4 is 34.6 Å². The molecule has 1 aromatic heterocycles. The molecular formula is C19H18ClFN4O2. The van der Waals surface area contributed by atoms with Crippen molar-refractivity contribution in [3.05, 3.63) is 59.1 Å². The number of aromatic nitrogens is 2. The van der Waals surface area contributed by atoms with E-state index in [0.29, 0.717) is 34.6 Å². The number of rotatable bonds is 6. The Balaban J connectivity index is 1.84. The molecule has 0 spiro atoms. The first kappa shape index (κ1) is 18.7. The topological polar surface area (TPSA) is 68.3 Å². The van der Waals surface area contributed by atoms with Gasteiger partial charge in [0.2, 0.25) is 0 Å². The van der Waals surface area contributed by atoms with Gasteiger partial charge in [0.15, 0.2) is 11.5 Å². The lowest BCUT2D eigenvalue weighted by molar-refractivity contribution is 0.355. The van der Waals surface area contributed by atoms with Crippen LogP contribution in [0.5, 0.6) is 11.5 Å². The average Bonchev–Trinajstić information content (AvgIpc) is 2.64. The molecule has 3 aromatic rings. The molecule has 0 saturated heterocycles. The lowest BCUT2D eigenvalue weighted by Crippen LogP contribution is -2.02. The summed E-state index contributed by atoms with van der Waals surface area (Å²) in [4.78, 5) is 8.72. The van der Waals surface area contributed by atoms with Crippen LogP contribution >= 0.6 is 11.6 Å². The van der Waals surface area contributed by atoms with Crippen LogP contribution in [0.15, 0.2) is 42.5 Å². The number of methoxy groups -OCH3 is 2. The van der Waals surface area contributed by atoms with Gasteiger partial charge in [0, 0.05) is 23.5 Å². The molecule has 0 radical (unpaired) electrons. The molecular weight excluding hydrogens is 371 g/mol. The van der Waals surface area contributed by atoms with Crippen LogP contribution in [0.4, 0.5) is 27.4 Å². The van der Waals surface area contributed by atoms with E-state index < -0.39 is 5.82 Å². The Kier molecular flexibility index (Phi) is 5.61. The summed E-state index contributed by atoms with van der Waals surface area (Å²) < 4.78 is 23.9. The van der Waals surface area contributed by atoms with Crippen molar-refractivity contribution in [2.45, 2.75) is 6.92 Å². The first-order valence-corrected chi connectivity index (χ1v) is 8.43. The van der Waals surface area contributed by atoms with Gasteiger partial charge in [-0.1, -0.05) is 11.6 Å². The fraction of sp³-hybridized carbons (Fsp3) is 0.158. The van der Waals surface area contributed by atoms with Crippen LogP contribution in [0, 0.1) is 12.7 Å². The van der Waals surface area contributed by atoms with E-state index in [9.17, 15) is 4.39 Å². The monoisotopic (exact) mass is 388 g/mol. The molecule has 0 aliphatic carbocycles. The molecule has 0 amide bonds. The van der Waals surface area contributed by atoms with E-state index in [1.54, 1.807) is 39.3 Å². The fourth-order valence-electron chi connectivity index (χ4n) is 2.48. The van der Waals surface area contributed by atoms with Crippen LogP contribution in [0.2, 0.25) is 5.02 Å². The highest BCUT2D eigenvalue weighted by molar-refractivity contribution is 6.31. The van der Waals surface area contributed by atoms with Crippen LogP contribution in [0.1, 0.15) is 5.82 Å². The van der Waals surface area contributed by atoms with Gasteiger partial charge in [-0.25, -0.2) is 14.4 Å². The van der Waals surface area contributed by atoms with Gasteiger partial charge in [-0.05, 0) is 37.3 Å². The van der Waals surface area contributed by atoms with E-state index in [1.165, 1.54) is 12.1 Å². The number of hydrogen-bond donors (Lipinski definition) is 2. The Bertz CT molecular complexity index is 968. The molecule has 0 fully saturated rings. The Labute approximate surface area is 161 Å². The second kappa shape index (κ2) is 8.09. The lowest BCUT2D eigenvalue weighted by atomic mass is 10.2. The number of halogens is 2. The molecule has 0 unspecified atom stereocenters. The van der Waals surface area contributed by atoms with E-state index >= 15 is 0 Å². The number of anilines is 4. The number of hydrogen-bond acceptors (Lipinski definition) is 6. The van der Waals surface area contributed by atoms with E-state index in [1.807, 2.05) is 12.1 Å². The molecule has 2 N–H and O–H groups in total. The Hall–Kier alpha value is -3.06. The van der Waals surface area contributed by atoms with Gasteiger partial charge in [0.25, 0.3) is 0 Å². The largest absolute Gasteiger partial charge is 0.493 e. The predicted molar refractivity (Wildman–Crippen MR) is 104 cm³/mol. The highest BCUT2D eigenvalue weighted by atomic mass is 35.5. The molecule has 6 nitrogen and oxygen atoms in total. The number of aryl methyl sites for hydroxylation is 1. The predicted octanol–water partition coefficient (Wildman–Crippen LogP) is 5.08. The van der Waals surface area contributed by atoms with Crippen molar-refractivity contribution in [1.29, 1.82) is 0 Å². The maximum Gasteiger partial charge on any atom is 0.162 e. The van der Waals surface area contributed by atoms with Crippen LogP contribution in [-0.4, -0.2) is 24.2 Å². The first-order chi connectivity index (χ1) is 13.0. The third kappa shape index (κ3) is 4.57. The highest BCUT2D eigenvalue weighted by Gasteiger charge is 2.08. The highest BCUT2D eigenvalue weighted by Crippen LogP contribution is 2.31. The number of benzene rings is 2. The summed E-state index contributed by atoms with van der Waals surface area (Å²) >= 11 is 5.82. The fourth-order valence-corrected chi connectivity index (χ4v) is 2.66. The number of nitrogens with one attached hydrogen (secondary N) is 2. The van der Waals surface area contributed by atoms with Gasteiger partial charge in [0.1, 0.15) is 23.3 Å². The summed E-state index contributed by atoms with van der Waals surface area (Å²) in [5.74, 6) is 2.47. The first-order valence-electron chi connectivity index (χ1n) is 8.05. The van der Waals surface area contributed by atoms with E-state index in [0.717, 1.165) is 5.69 Å². The Morgan fingerprint density at radius 2 is 1.44 bits per heavy atom. The maximum atomic E-state index is 13.3. The summed E-state index contributed by atoms with van der Waals surface area (Å²) in [6, 6.07) is 11.6. The van der Waals surface area contributed by atoms with E-state index in [-0.39, 0.29) is 5.02 Å². The van der Waals surface area contributed by atoms with Crippen LogP contribution in [-0.2, 0) is 0 Å². The molecule has 2 aromatic carbocycles. The summed E-state index contributed by atoms with van der Waals surface area (Å²) in [6.07, 6.45) is 0. The van der Waals surface area contributed by atoms with Gasteiger partial charge in [-0.2, -0.15) is 0 Å².